The van der Waals surface area contributed by atoms with Crippen LogP contribution in [-0.2, 0) is 4.79 Å². The predicted molar refractivity (Wildman–Crippen MR) is 104 cm³/mol. The Balaban J connectivity index is 1.83. The van der Waals surface area contributed by atoms with E-state index in [0.29, 0.717) is 30.2 Å². The molecule has 1 aliphatic heterocycles. The SMILES string of the molecule is COc1ccc(N2CCN(C(=O)c3ccccc3C)[C@@H](C)C2=O)cc1OC. The highest BCUT2D eigenvalue weighted by Gasteiger charge is 2.35. The zero-order chi connectivity index (χ0) is 19.6. The van der Waals surface area contributed by atoms with Crippen molar-refractivity contribution in [2.24, 2.45) is 0 Å². The van der Waals surface area contributed by atoms with E-state index in [4.69, 9.17) is 9.47 Å². The lowest BCUT2D eigenvalue weighted by Gasteiger charge is -2.39. The van der Waals surface area contributed by atoms with Gasteiger partial charge in [-0.25, -0.2) is 0 Å². The van der Waals surface area contributed by atoms with E-state index >= 15 is 0 Å². The van der Waals surface area contributed by atoms with Crippen LogP contribution in [0, 0.1) is 6.92 Å². The molecule has 0 radical (unpaired) electrons. The summed E-state index contributed by atoms with van der Waals surface area (Å²) >= 11 is 0. The number of amides is 2. The number of benzene rings is 2. The number of ether oxygens (including phenoxy) is 2. The number of nitrogens with zero attached hydrogens (tertiary/aromatic N) is 2. The Hall–Kier alpha value is -3.02. The molecule has 0 bridgehead atoms. The molecule has 6 heteroatoms. The minimum atomic E-state index is -0.543. The molecule has 1 fully saturated rings. The van der Waals surface area contributed by atoms with E-state index in [-0.39, 0.29) is 11.8 Å². The molecule has 3 rings (SSSR count). The van der Waals surface area contributed by atoms with Gasteiger partial charge in [0.1, 0.15) is 6.04 Å². The Bertz CT molecular complexity index is 865. The number of methoxy groups -OCH3 is 2. The van der Waals surface area contributed by atoms with Gasteiger partial charge in [0.2, 0.25) is 5.91 Å². The van der Waals surface area contributed by atoms with E-state index in [1.807, 2.05) is 31.2 Å². The van der Waals surface area contributed by atoms with Crippen LogP contribution >= 0.6 is 0 Å². The molecule has 2 aromatic carbocycles. The fourth-order valence-electron chi connectivity index (χ4n) is 3.36. The molecule has 0 unspecified atom stereocenters. The van der Waals surface area contributed by atoms with Crippen molar-refractivity contribution in [3.63, 3.8) is 0 Å². The Morgan fingerprint density at radius 2 is 1.74 bits per heavy atom. The van der Waals surface area contributed by atoms with Crippen molar-refractivity contribution in [3.05, 3.63) is 53.6 Å². The molecule has 0 saturated carbocycles. The lowest BCUT2D eigenvalue weighted by Crippen LogP contribution is -2.57. The number of hydrogen-bond donors (Lipinski definition) is 0. The molecule has 1 aliphatic rings. The van der Waals surface area contributed by atoms with Crippen molar-refractivity contribution < 1.29 is 19.1 Å². The van der Waals surface area contributed by atoms with E-state index < -0.39 is 6.04 Å². The first-order valence-corrected chi connectivity index (χ1v) is 8.88. The van der Waals surface area contributed by atoms with E-state index in [1.54, 1.807) is 49.1 Å². The van der Waals surface area contributed by atoms with Gasteiger partial charge in [-0.3, -0.25) is 9.59 Å². The first-order chi connectivity index (χ1) is 13.0. The highest BCUT2D eigenvalue weighted by atomic mass is 16.5. The van der Waals surface area contributed by atoms with Crippen molar-refractivity contribution in [1.29, 1.82) is 0 Å². The summed E-state index contributed by atoms with van der Waals surface area (Å²) in [6.45, 7) is 4.57. The molecule has 1 saturated heterocycles. The zero-order valence-corrected chi connectivity index (χ0v) is 16.1. The fraction of sp³-hybridized carbons (Fsp3) is 0.333. The van der Waals surface area contributed by atoms with Crippen molar-refractivity contribution in [2.45, 2.75) is 19.9 Å². The van der Waals surface area contributed by atoms with E-state index in [1.165, 1.54) is 0 Å². The Morgan fingerprint density at radius 3 is 2.41 bits per heavy atom. The van der Waals surface area contributed by atoms with Crippen LogP contribution in [0.2, 0.25) is 0 Å². The first-order valence-electron chi connectivity index (χ1n) is 8.88. The molecule has 0 N–H and O–H groups in total. The molecule has 142 valence electrons. The largest absolute Gasteiger partial charge is 0.493 e. The predicted octanol–water partition coefficient (Wildman–Crippen LogP) is 2.89. The minimum absolute atomic E-state index is 0.110. The molecule has 0 aromatic heterocycles. The van der Waals surface area contributed by atoms with Gasteiger partial charge in [0, 0.05) is 30.4 Å². The van der Waals surface area contributed by atoms with Crippen molar-refractivity contribution in [3.8, 4) is 11.5 Å². The molecule has 6 nitrogen and oxygen atoms in total. The van der Waals surface area contributed by atoms with Crippen molar-refractivity contribution >= 4 is 17.5 Å². The van der Waals surface area contributed by atoms with Crippen molar-refractivity contribution in [2.75, 3.05) is 32.2 Å². The smallest absolute Gasteiger partial charge is 0.254 e. The number of aryl methyl sites for hydroxylation is 1. The van der Waals surface area contributed by atoms with Gasteiger partial charge in [-0.1, -0.05) is 18.2 Å². The minimum Gasteiger partial charge on any atom is -0.493 e. The van der Waals surface area contributed by atoms with Gasteiger partial charge in [0.05, 0.1) is 14.2 Å². The Morgan fingerprint density at radius 1 is 1.04 bits per heavy atom. The number of carbonyl (C=O) groups excluding carboxylic acids is 2. The summed E-state index contributed by atoms with van der Waals surface area (Å²) in [6, 6.07) is 12.3. The third-order valence-electron chi connectivity index (χ3n) is 4.97. The maximum absolute atomic E-state index is 13.0. The average molecular weight is 368 g/mol. The van der Waals surface area contributed by atoms with Gasteiger partial charge in [-0.2, -0.15) is 0 Å². The second-order valence-electron chi connectivity index (χ2n) is 6.52. The summed E-state index contributed by atoms with van der Waals surface area (Å²) in [7, 11) is 3.13. The molecule has 0 aliphatic carbocycles. The van der Waals surface area contributed by atoms with Crippen LogP contribution in [0.25, 0.3) is 0 Å². The van der Waals surface area contributed by atoms with Crippen LogP contribution in [0.15, 0.2) is 42.5 Å². The quantitative estimate of drug-likeness (QED) is 0.833. The maximum Gasteiger partial charge on any atom is 0.254 e. The lowest BCUT2D eigenvalue weighted by molar-refractivity contribution is -0.124. The first kappa shape index (κ1) is 18.8. The Kier molecular flexibility index (Phi) is 5.35. The normalized spacial score (nSPS) is 17.0. The summed E-state index contributed by atoms with van der Waals surface area (Å²) in [6.07, 6.45) is 0. The fourth-order valence-corrected chi connectivity index (χ4v) is 3.36. The number of rotatable bonds is 4. The molecule has 2 amide bonds. The standard InChI is InChI=1S/C21H24N2O4/c1-14-7-5-6-8-17(14)21(25)22-11-12-23(20(24)15(22)2)16-9-10-18(26-3)19(13-16)27-4/h5-10,13,15H,11-12H2,1-4H3/t15-/m0/s1. The summed E-state index contributed by atoms with van der Waals surface area (Å²) in [4.78, 5) is 29.2. The van der Waals surface area contributed by atoms with Gasteiger partial charge < -0.3 is 19.3 Å². The number of carbonyl (C=O) groups is 2. The highest BCUT2D eigenvalue weighted by molar-refractivity contribution is 6.04. The van der Waals surface area contributed by atoms with Crippen LogP contribution < -0.4 is 14.4 Å². The van der Waals surface area contributed by atoms with Crippen LogP contribution in [0.1, 0.15) is 22.8 Å². The van der Waals surface area contributed by atoms with Gasteiger partial charge in [-0.05, 0) is 37.6 Å². The van der Waals surface area contributed by atoms with Gasteiger partial charge in [-0.15, -0.1) is 0 Å². The summed E-state index contributed by atoms with van der Waals surface area (Å²) in [5.41, 5.74) is 2.27. The number of anilines is 1. The second-order valence-corrected chi connectivity index (χ2v) is 6.52. The van der Waals surface area contributed by atoms with Crippen LogP contribution in [0.3, 0.4) is 0 Å². The van der Waals surface area contributed by atoms with Crippen LogP contribution in [0.4, 0.5) is 5.69 Å². The summed E-state index contributed by atoms with van der Waals surface area (Å²) in [5, 5.41) is 0. The van der Waals surface area contributed by atoms with E-state index in [2.05, 4.69) is 0 Å². The topological polar surface area (TPSA) is 59.1 Å². The monoisotopic (exact) mass is 368 g/mol. The molecule has 2 aromatic rings. The van der Waals surface area contributed by atoms with E-state index in [9.17, 15) is 9.59 Å². The van der Waals surface area contributed by atoms with Gasteiger partial charge >= 0.3 is 0 Å². The number of piperazine rings is 1. The maximum atomic E-state index is 13.0. The van der Waals surface area contributed by atoms with Crippen LogP contribution in [-0.4, -0.2) is 50.1 Å². The van der Waals surface area contributed by atoms with Crippen molar-refractivity contribution in [1.82, 2.24) is 4.90 Å². The zero-order valence-electron chi connectivity index (χ0n) is 16.1. The Labute approximate surface area is 159 Å². The lowest BCUT2D eigenvalue weighted by atomic mass is 10.0. The highest BCUT2D eigenvalue weighted by Crippen LogP contribution is 2.32. The molecule has 1 atom stereocenters. The third kappa shape index (κ3) is 3.47. The summed E-state index contributed by atoms with van der Waals surface area (Å²) < 4.78 is 10.6. The number of hydrogen-bond acceptors (Lipinski definition) is 4. The molecular formula is C21H24N2O4. The molecule has 0 spiro atoms. The van der Waals surface area contributed by atoms with Gasteiger partial charge in [0.25, 0.3) is 5.91 Å². The summed E-state index contributed by atoms with van der Waals surface area (Å²) in [5.74, 6) is 0.945. The van der Waals surface area contributed by atoms with Gasteiger partial charge in [0.15, 0.2) is 11.5 Å². The molecular weight excluding hydrogens is 344 g/mol. The molecule has 27 heavy (non-hydrogen) atoms. The average Bonchev–Trinajstić information content (AvgIpc) is 2.69. The van der Waals surface area contributed by atoms with Crippen LogP contribution in [0.5, 0.6) is 11.5 Å². The second kappa shape index (κ2) is 7.70. The molecule has 1 heterocycles. The van der Waals surface area contributed by atoms with E-state index in [0.717, 1.165) is 11.3 Å². The third-order valence-corrected chi connectivity index (χ3v) is 4.97.